The third kappa shape index (κ3) is 4.36. The highest BCUT2D eigenvalue weighted by molar-refractivity contribution is 5.97. The van der Waals surface area contributed by atoms with E-state index in [1.54, 1.807) is 31.4 Å². The average molecular weight is 525 g/mol. The molecular formula is C32H28O7. The molecule has 1 atom stereocenters. The fraction of sp³-hybridized carbons (Fsp3) is 0.188. The Morgan fingerprint density at radius 1 is 0.846 bits per heavy atom. The molecule has 7 heteroatoms. The number of phenols is 3. The van der Waals surface area contributed by atoms with E-state index in [1.165, 1.54) is 7.11 Å². The van der Waals surface area contributed by atoms with Crippen LogP contribution in [0.2, 0.25) is 0 Å². The van der Waals surface area contributed by atoms with Crippen molar-refractivity contribution < 1.29 is 33.9 Å². The molecule has 1 aromatic heterocycles. The highest BCUT2D eigenvalue weighted by Crippen LogP contribution is 2.45. The monoisotopic (exact) mass is 524 g/mol. The van der Waals surface area contributed by atoms with Crippen LogP contribution in [-0.4, -0.2) is 36.1 Å². The number of fused-ring (bicyclic) bond motifs is 2. The van der Waals surface area contributed by atoms with E-state index in [9.17, 15) is 15.3 Å². The molecule has 3 N–H and O–H groups in total. The van der Waals surface area contributed by atoms with Crippen molar-refractivity contribution in [2.75, 3.05) is 20.8 Å². The minimum absolute atomic E-state index is 0.0191. The minimum atomic E-state index is -0.0534. The van der Waals surface area contributed by atoms with E-state index >= 15 is 0 Å². The second-order valence-corrected chi connectivity index (χ2v) is 9.65. The number of aromatic hydroxyl groups is 3. The molecule has 2 heterocycles. The standard InChI is InChI=1S/C32H28O7/c1-36-21-9-10-22(26(34)13-21)20-12-19-8-11-25(33)23(32(19)38-17-20)15-30-31(18-6-4-3-5-7-18)24-14-27(35)29(37-2)16-28(24)39-30/h3-11,13-14,16,20,33-35H,12,15,17H2,1-2H3. The third-order valence-corrected chi connectivity index (χ3v) is 7.35. The number of hydrogen-bond donors (Lipinski definition) is 3. The molecule has 1 aliphatic rings. The number of ether oxygens (including phenoxy) is 3. The number of hydrogen-bond acceptors (Lipinski definition) is 7. The summed E-state index contributed by atoms with van der Waals surface area (Å²) in [4.78, 5) is 0. The van der Waals surface area contributed by atoms with E-state index in [0.29, 0.717) is 47.2 Å². The summed E-state index contributed by atoms with van der Waals surface area (Å²) < 4.78 is 23.1. The van der Waals surface area contributed by atoms with Crippen molar-refractivity contribution in [3.63, 3.8) is 0 Å². The first-order valence-electron chi connectivity index (χ1n) is 12.7. The predicted molar refractivity (Wildman–Crippen MR) is 147 cm³/mol. The van der Waals surface area contributed by atoms with Crippen LogP contribution in [0, 0.1) is 0 Å². The van der Waals surface area contributed by atoms with Crippen molar-refractivity contribution in [1.29, 1.82) is 0 Å². The molecule has 0 saturated carbocycles. The number of rotatable bonds is 6. The Bertz CT molecular complexity index is 1670. The number of furan rings is 1. The summed E-state index contributed by atoms with van der Waals surface area (Å²) in [7, 11) is 3.06. The van der Waals surface area contributed by atoms with Gasteiger partial charge < -0.3 is 33.9 Å². The van der Waals surface area contributed by atoms with Gasteiger partial charge in [-0.15, -0.1) is 0 Å². The lowest BCUT2D eigenvalue weighted by atomic mass is 9.87. The van der Waals surface area contributed by atoms with Crippen LogP contribution in [0.1, 0.15) is 28.4 Å². The number of methoxy groups -OCH3 is 2. The maximum absolute atomic E-state index is 10.9. The lowest BCUT2D eigenvalue weighted by molar-refractivity contribution is 0.255. The Hall–Kier alpha value is -4.78. The summed E-state index contributed by atoms with van der Waals surface area (Å²) in [6.07, 6.45) is 0.911. The van der Waals surface area contributed by atoms with Crippen LogP contribution in [0.5, 0.6) is 34.5 Å². The number of phenolic OH excluding ortho intramolecular Hbond substituents is 3. The number of benzene rings is 4. The zero-order valence-electron chi connectivity index (χ0n) is 21.6. The van der Waals surface area contributed by atoms with E-state index < -0.39 is 0 Å². The molecule has 0 aliphatic carbocycles. The summed E-state index contributed by atoms with van der Waals surface area (Å²) in [5, 5.41) is 32.7. The van der Waals surface area contributed by atoms with Crippen LogP contribution in [-0.2, 0) is 12.8 Å². The summed E-state index contributed by atoms with van der Waals surface area (Å²) in [5.41, 5.74) is 4.67. The molecule has 0 bridgehead atoms. The molecule has 7 nitrogen and oxygen atoms in total. The van der Waals surface area contributed by atoms with Gasteiger partial charge in [-0.2, -0.15) is 0 Å². The Balaban J connectivity index is 1.41. The fourth-order valence-corrected chi connectivity index (χ4v) is 5.41. The zero-order valence-corrected chi connectivity index (χ0v) is 21.6. The highest BCUT2D eigenvalue weighted by atomic mass is 16.5. The molecule has 0 saturated heterocycles. The van der Waals surface area contributed by atoms with Gasteiger partial charge in [-0.1, -0.05) is 42.5 Å². The summed E-state index contributed by atoms with van der Waals surface area (Å²) in [5.74, 6) is 2.40. The van der Waals surface area contributed by atoms with Crippen LogP contribution >= 0.6 is 0 Å². The van der Waals surface area contributed by atoms with Crippen LogP contribution < -0.4 is 14.2 Å². The van der Waals surface area contributed by atoms with Crippen molar-refractivity contribution >= 4 is 11.0 Å². The van der Waals surface area contributed by atoms with Gasteiger partial charge in [0.1, 0.15) is 34.3 Å². The Labute approximate surface area is 225 Å². The summed E-state index contributed by atoms with van der Waals surface area (Å²) >= 11 is 0. The van der Waals surface area contributed by atoms with Gasteiger partial charge >= 0.3 is 0 Å². The quantitative estimate of drug-likeness (QED) is 0.232. The molecule has 0 radical (unpaired) electrons. The SMILES string of the molecule is COc1ccc(C2COc3c(ccc(O)c3Cc3oc4cc(OC)c(O)cc4c3-c3ccccc3)C2)c(O)c1. The van der Waals surface area contributed by atoms with Crippen LogP contribution in [0.15, 0.2) is 77.2 Å². The lowest BCUT2D eigenvalue weighted by Crippen LogP contribution is -2.20. The molecule has 1 aliphatic heterocycles. The minimum Gasteiger partial charge on any atom is -0.508 e. The predicted octanol–water partition coefficient (Wildman–Crippen LogP) is 6.54. The third-order valence-electron chi connectivity index (χ3n) is 7.35. The smallest absolute Gasteiger partial charge is 0.164 e. The van der Waals surface area contributed by atoms with Crippen molar-refractivity contribution in [2.45, 2.75) is 18.8 Å². The molecule has 198 valence electrons. The van der Waals surface area contributed by atoms with E-state index in [1.807, 2.05) is 48.5 Å². The molecule has 39 heavy (non-hydrogen) atoms. The van der Waals surface area contributed by atoms with Crippen molar-refractivity contribution in [3.05, 3.63) is 95.2 Å². The average Bonchev–Trinajstić information content (AvgIpc) is 3.30. The summed E-state index contributed by atoms with van der Waals surface area (Å²) in [6.45, 7) is 0.347. The van der Waals surface area contributed by atoms with Gasteiger partial charge in [0, 0.05) is 46.5 Å². The molecule has 6 rings (SSSR count). The molecular weight excluding hydrogens is 496 g/mol. The Morgan fingerprint density at radius 2 is 1.67 bits per heavy atom. The van der Waals surface area contributed by atoms with Crippen molar-refractivity contribution in [3.8, 4) is 45.6 Å². The molecule has 1 unspecified atom stereocenters. The van der Waals surface area contributed by atoms with Gasteiger partial charge in [-0.3, -0.25) is 0 Å². The molecule has 4 aromatic carbocycles. The van der Waals surface area contributed by atoms with Gasteiger partial charge in [0.2, 0.25) is 0 Å². The van der Waals surface area contributed by atoms with E-state index in [2.05, 4.69) is 0 Å². The van der Waals surface area contributed by atoms with Gasteiger partial charge in [-0.05, 0) is 35.7 Å². The van der Waals surface area contributed by atoms with Gasteiger partial charge in [0.05, 0.1) is 20.8 Å². The first-order chi connectivity index (χ1) is 19.0. The van der Waals surface area contributed by atoms with E-state index in [-0.39, 0.29) is 29.6 Å². The molecule has 0 fully saturated rings. The van der Waals surface area contributed by atoms with Crippen LogP contribution in [0.25, 0.3) is 22.1 Å². The van der Waals surface area contributed by atoms with Crippen LogP contribution in [0.3, 0.4) is 0 Å². The fourth-order valence-electron chi connectivity index (χ4n) is 5.41. The second-order valence-electron chi connectivity index (χ2n) is 9.65. The molecule has 0 spiro atoms. The van der Waals surface area contributed by atoms with Crippen molar-refractivity contribution in [2.24, 2.45) is 0 Å². The topological polar surface area (TPSA) is 102 Å². The van der Waals surface area contributed by atoms with Crippen molar-refractivity contribution in [1.82, 2.24) is 0 Å². The van der Waals surface area contributed by atoms with Gasteiger partial charge in [0.25, 0.3) is 0 Å². The lowest BCUT2D eigenvalue weighted by Gasteiger charge is -2.28. The Kier molecular flexibility index (Phi) is 6.19. The first kappa shape index (κ1) is 24.6. The second kappa shape index (κ2) is 9.83. The molecule has 5 aromatic rings. The van der Waals surface area contributed by atoms with E-state index in [0.717, 1.165) is 27.6 Å². The van der Waals surface area contributed by atoms with Gasteiger partial charge in [-0.25, -0.2) is 0 Å². The summed E-state index contributed by atoms with van der Waals surface area (Å²) in [6, 6.07) is 21.9. The largest absolute Gasteiger partial charge is 0.508 e. The maximum atomic E-state index is 10.9. The van der Waals surface area contributed by atoms with Gasteiger partial charge in [0.15, 0.2) is 11.5 Å². The maximum Gasteiger partial charge on any atom is 0.164 e. The normalized spacial score (nSPS) is 14.6. The Morgan fingerprint density at radius 3 is 2.41 bits per heavy atom. The zero-order chi connectivity index (χ0) is 27.1. The first-order valence-corrected chi connectivity index (χ1v) is 12.7. The highest BCUT2D eigenvalue weighted by Gasteiger charge is 2.28. The van der Waals surface area contributed by atoms with E-state index in [4.69, 9.17) is 18.6 Å². The van der Waals surface area contributed by atoms with Crippen LogP contribution in [0.4, 0.5) is 0 Å². The molecule has 0 amide bonds.